The van der Waals surface area contributed by atoms with Gasteiger partial charge in [-0.1, -0.05) is 6.07 Å². The highest BCUT2D eigenvalue weighted by Crippen LogP contribution is 2.08. The molecule has 0 atom stereocenters. The number of carbonyl (C=O) groups is 1. The Labute approximate surface area is 113 Å². The molecule has 102 valence electrons. The van der Waals surface area contributed by atoms with Crippen LogP contribution in [0.3, 0.4) is 0 Å². The summed E-state index contributed by atoms with van der Waals surface area (Å²) in [6, 6.07) is 8.76. The zero-order valence-electron chi connectivity index (χ0n) is 10.5. The molecule has 0 radical (unpaired) electrons. The summed E-state index contributed by atoms with van der Waals surface area (Å²) in [5.41, 5.74) is 0.787. The van der Waals surface area contributed by atoms with Gasteiger partial charge in [-0.15, -0.1) is 10.2 Å². The smallest absolute Gasteiger partial charge is 0.371 e. The van der Waals surface area contributed by atoms with Crippen molar-refractivity contribution in [2.75, 3.05) is 0 Å². The molecule has 3 heterocycles. The van der Waals surface area contributed by atoms with Crippen LogP contribution in [0.5, 0.6) is 0 Å². The summed E-state index contributed by atoms with van der Waals surface area (Å²) in [6.45, 7) is 0.934. The van der Waals surface area contributed by atoms with Crippen LogP contribution in [0.1, 0.15) is 22.1 Å². The second-order valence-electron chi connectivity index (χ2n) is 4.22. The van der Waals surface area contributed by atoms with Crippen LogP contribution in [0, 0.1) is 0 Å². The average Bonchev–Trinajstić information content (AvgIpc) is 3.06. The minimum Gasteiger partial charge on any atom is -0.475 e. The van der Waals surface area contributed by atoms with Gasteiger partial charge in [0.05, 0.1) is 13.1 Å². The Hall–Kier alpha value is -2.67. The first kappa shape index (κ1) is 12.4. The van der Waals surface area contributed by atoms with E-state index in [0.717, 1.165) is 11.5 Å². The van der Waals surface area contributed by atoms with Crippen molar-refractivity contribution in [3.63, 3.8) is 0 Å². The Bertz CT molecular complexity index is 747. The molecule has 0 aliphatic carbocycles. The number of carboxylic acids is 1. The summed E-state index contributed by atoms with van der Waals surface area (Å²) in [6.07, 6.45) is 1.89. The monoisotopic (exact) mass is 272 g/mol. The number of nitrogens with zero attached hydrogens (tertiary/aromatic N) is 3. The molecular weight excluding hydrogens is 260 g/mol. The van der Waals surface area contributed by atoms with E-state index in [1.165, 1.54) is 6.07 Å². The Morgan fingerprint density at radius 3 is 2.95 bits per heavy atom. The largest absolute Gasteiger partial charge is 0.475 e. The third-order valence-corrected chi connectivity index (χ3v) is 2.84. The molecule has 0 bridgehead atoms. The van der Waals surface area contributed by atoms with Gasteiger partial charge in [-0.2, -0.15) is 0 Å². The van der Waals surface area contributed by atoms with Gasteiger partial charge in [-0.05, 0) is 24.3 Å². The van der Waals surface area contributed by atoms with Gasteiger partial charge >= 0.3 is 5.97 Å². The van der Waals surface area contributed by atoms with Gasteiger partial charge in [-0.3, -0.25) is 4.40 Å². The molecule has 0 amide bonds. The van der Waals surface area contributed by atoms with Crippen molar-refractivity contribution in [2.24, 2.45) is 0 Å². The molecule has 0 aliphatic heterocycles. The van der Waals surface area contributed by atoms with E-state index < -0.39 is 5.97 Å². The number of carboxylic acid groups (broad SMARTS) is 1. The summed E-state index contributed by atoms with van der Waals surface area (Å²) < 4.78 is 7.03. The van der Waals surface area contributed by atoms with Crippen LogP contribution in [0.25, 0.3) is 5.65 Å². The van der Waals surface area contributed by atoms with Crippen molar-refractivity contribution in [2.45, 2.75) is 13.1 Å². The molecule has 3 aromatic rings. The highest BCUT2D eigenvalue weighted by Gasteiger charge is 2.09. The molecular formula is C13H12N4O3. The van der Waals surface area contributed by atoms with Gasteiger partial charge in [0.2, 0.25) is 5.76 Å². The number of hydrogen-bond acceptors (Lipinski definition) is 5. The molecule has 7 heteroatoms. The van der Waals surface area contributed by atoms with Crippen LogP contribution in [-0.2, 0) is 13.1 Å². The number of nitrogens with one attached hydrogen (secondary N) is 1. The van der Waals surface area contributed by atoms with E-state index in [-0.39, 0.29) is 5.76 Å². The summed E-state index contributed by atoms with van der Waals surface area (Å²) in [4.78, 5) is 10.7. The van der Waals surface area contributed by atoms with Gasteiger partial charge in [0.15, 0.2) is 11.5 Å². The zero-order valence-corrected chi connectivity index (χ0v) is 10.5. The summed E-state index contributed by atoms with van der Waals surface area (Å²) in [7, 11) is 0. The minimum absolute atomic E-state index is 0.0604. The Morgan fingerprint density at radius 2 is 2.15 bits per heavy atom. The Kier molecular flexibility index (Phi) is 3.18. The van der Waals surface area contributed by atoms with Gasteiger partial charge in [0.25, 0.3) is 0 Å². The highest BCUT2D eigenvalue weighted by atomic mass is 16.4. The van der Waals surface area contributed by atoms with Crippen LogP contribution in [-0.4, -0.2) is 25.7 Å². The standard InChI is InChI=1S/C13H12N4O3/c18-13(19)10-5-4-9(20-10)7-14-8-12-16-15-11-3-1-2-6-17(11)12/h1-6,14H,7-8H2,(H,18,19). The number of pyridine rings is 1. The number of aromatic carboxylic acids is 1. The lowest BCUT2D eigenvalue weighted by Gasteiger charge is -2.01. The average molecular weight is 272 g/mol. The summed E-state index contributed by atoms with van der Waals surface area (Å²) >= 11 is 0. The van der Waals surface area contributed by atoms with Crippen molar-refractivity contribution in [1.82, 2.24) is 19.9 Å². The van der Waals surface area contributed by atoms with Gasteiger partial charge in [0, 0.05) is 6.20 Å². The quantitative estimate of drug-likeness (QED) is 0.727. The molecule has 0 unspecified atom stereocenters. The van der Waals surface area contributed by atoms with Gasteiger partial charge < -0.3 is 14.8 Å². The van der Waals surface area contributed by atoms with E-state index in [1.807, 2.05) is 28.8 Å². The lowest BCUT2D eigenvalue weighted by atomic mass is 10.4. The molecule has 0 aliphatic rings. The van der Waals surface area contributed by atoms with Crippen molar-refractivity contribution < 1.29 is 14.3 Å². The first-order valence-corrected chi connectivity index (χ1v) is 6.05. The van der Waals surface area contributed by atoms with Crippen LogP contribution >= 0.6 is 0 Å². The minimum atomic E-state index is -1.07. The fourth-order valence-corrected chi connectivity index (χ4v) is 1.90. The molecule has 0 saturated heterocycles. The summed E-state index contributed by atoms with van der Waals surface area (Å²) in [5, 5.41) is 20.0. The van der Waals surface area contributed by atoms with Crippen molar-refractivity contribution >= 4 is 11.6 Å². The molecule has 0 spiro atoms. The maximum Gasteiger partial charge on any atom is 0.371 e. The lowest BCUT2D eigenvalue weighted by Crippen LogP contribution is -2.14. The predicted molar refractivity (Wildman–Crippen MR) is 69.2 cm³/mol. The van der Waals surface area contributed by atoms with Crippen LogP contribution < -0.4 is 5.32 Å². The summed E-state index contributed by atoms with van der Waals surface area (Å²) in [5.74, 6) is 0.219. The number of rotatable bonds is 5. The molecule has 2 N–H and O–H groups in total. The van der Waals surface area contributed by atoms with Gasteiger partial charge in [-0.25, -0.2) is 4.79 Å². The molecule has 0 saturated carbocycles. The molecule has 3 aromatic heterocycles. The fourth-order valence-electron chi connectivity index (χ4n) is 1.90. The number of furan rings is 1. The molecule has 20 heavy (non-hydrogen) atoms. The topological polar surface area (TPSA) is 92.7 Å². The van der Waals surface area contributed by atoms with Gasteiger partial charge in [0.1, 0.15) is 5.76 Å². The Morgan fingerprint density at radius 1 is 1.25 bits per heavy atom. The number of hydrogen-bond donors (Lipinski definition) is 2. The van der Waals surface area contributed by atoms with E-state index in [0.29, 0.717) is 18.8 Å². The third kappa shape index (κ3) is 2.39. The molecule has 3 rings (SSSR count). The lowest BCUT2D eigenvalue weighted by molar-refractivity contribution is 0.0660. The molecule has 0 fully saturated rings. The normalized spacial score (nSPS) is 11.0. The molecule has 7 nitrogen and oxygen atoms in total. The SMILES string of the molecule is O=C(O)c1ccc(CNCc2nnc3ccccn23)o1. The first-order chi connectivity index (χ1) is 9.74. The predicted octanol–water partition coefficient (Wildman–Crippen LogP) is 1.31. The van der Waals surface area contributed by atoms with E-state index >= 15 is 0 Å². The van der Waals surface area contributed by atoms with E-state index in [9.17, 15) is 4.79 Å². The highest BCUT2D eigenvalue weighted by molar-refractivity contribution is 5.84. The maximum atomic E-state index is 10.7. The zero-order chi connectivity index (χ0) is 13.9. The number of fused-ring (bicyclic) bond motifs is 1. The van der Waals surface area contributed by atoms with Crippen LogP contribution in [0.15, 0.2) is 40.9 Å². The van der Waals surface area contributed by atoms with Crippen LogP contribution in [0.4, 0.5) is 0 Å². The molecule has 0 aromatic carbocycles. The Balaban J connectivity index is 1.63. The van der Waals surface area contributed by atoms with Crippen LogP contribution in [0.2, 0.25) is 0 Å². The number of aromatic nitrogens is 3. The first-order valence-electron chi connectivity index (χ1n) is 6.05. The van der Waals surface area contributed by atoms with Crippen molar-refractivity contribution in [1.29, 1.82) is 0 Å². The van der Waals surface area contributed by atoms with Crippen molar-refractivity contribution in [3.05, 3.63) is 53.9 Å². The second kappa shape index (κ2) is 5.14. The maximum absolute atomic E-state index is 10.7. The van der Waals surface area contributed by atoms with E-state index in [1.54, 1.807) is 6.07 Å². The van der Waals surface area contributed by atoms with E-state index in [4.69, 9.17) is 9.52 Å². The van der Waals surface area contributed by atoms with E-state index in [2.05, 4.69) is 15.5 Å². The fraction of sp³-hybridized carbons (Fsp3) is 0.154. The second-order valence-corrected chi connectivity index (χ2v) is 4.22. The third-order valence-electron chi connectivity index (χ3n) is 2.84. The van der Waals surface area contributed by atoms with Crippen molar-refractivity contribution in [3.8, 4) is 0 Å².